The van der Waals surface area contributed by atoms with E-state index in [1.807, 2.05) is 110 Å². The number of carbonyl (C=O) groups is 2. The molecule has 10 nitrogen and oxygen atoms in total. The van der Waals surface area contributed by atoms with E-state index in [9.17, 15) is 9.59 Å². The van der Waals surface area contributed by atoms with E-state index in [0.717, 1.165) is 29.9 Å². The highest BCUT2D eigenvalue weighted by atomic mass is 16.5. The van der Waals surface area contributed by atoms with E-state index in [-0.39, 0.29) is 18.4 Å². The molecule has 10 heteroatoms. The van der Waals surface area contributed by atoms with Crippen molar-refractivity contribution in [1.82, 2.24) is 20.3 Å². The molecule has 1 aliphatic rings. The van der Waals surface area contributed by atoms with Gasteiger partial charge >= 0.3 is 0 Å². The molecule has 0 saturated carbocycles. The van der Waals surface area contributed by atoms with Crippen molar-refractivity contribution >= 4 is 34.2 Å². The normalized spacial score (nSPS) is 13.8. The number of para-hydroxylation sites is 1. The van der Waals surface area contributed by atoms with Crippen LogP contribution in [0.1, 0.15) is 24.1 Å². The summed E-state index contributed by atoms with van der Waals surface area (Å²) >= 11 is 0. The maximum absolute atomic E-state index is 14.4. The Labute approximate surface area is 262 Å². The average Bonchev–Trinajstić information content (AvgIpc) is 3.50. The van der Waals surface area contributed by atoms with Gasteiger partial charge in [0.05, 0.1) is 25.3 Å². The number of ether oxygens (including phenoxy) is 2. The van der Waals surface area contributed by atoms with Crippen LogP contribution in [0.5, 0.6) is 5.75 Å². The summed E-state index contributed by atoms with van der Waals surface area (Å²) in [7, 11) is 0. The molecule has 1 atom stereocenters. The van der Waals surface area contributed by atoms with Gasteiger partial charge < -0.3 is 19.7 Å². The number of nitrogens with one attached hydrogen (secondary N) is 1. The number of hydrogen-bond acceptors (Lipinski definition) is 7. The molecule has 2 heterocycles. The highest BCUT2D eigenvalue weighted by Crippen LogP contribution is 2.31. The van der Waals surface area contributed by atoms with Crippen LogP contribution in [0.4, 0.5) is 11.4 Å². The molecular formula is C35H36N6O4. The van der Waals surface area contributed by atoms with E-state index in [0.29, 0.717) is 48.9 Å². The third kappa shape index (κ3) is 6.97. The van der Waals surface area contributed by atoms with Gasteiger partial charge in [0.25, 0.3) is 0 Å². The molecule has 0 bridgehead atoms. The van der Waals surface area contributed by atoms with Crippen LogP contribution in [0.2, 0.25) is 0 Å². The smallest absolute Gasteiger partial charge is 0.249 e. The van der Waals surface area contributed by atoms with Crippen molar-refractivity contribution in [3.8, 4) is 5.75 Å². The lowest BCUT2D eigenvalue weighted by Gasteiger charge is -2.32. The fourth-order valence-corrected chi connectivity index (χ4v) is 5.53. The van der Waals surface area contributed by atoms with Gasteiger partial charge in [-0.15, -0.1) is 5.10 Å². The molecule has 1 fully saturated rings. The Morgan fingerprint density at radius 1 is 0.911 bits per heavy atom. The van der Waals surface area contributed by atoms with Gasteiger partial charge in [-0.2, -0.15) is 0 Å². The van der Waals surface area contributed by atoms with Crippen LogP contribution in [0.15, 0.2) is 103 Å². The largest absolute Gasteiger partial charge is 0.494 e. The van der Waals surface area contributed by atoms with Gasteiger partial charge in [-0.1, -0.05) is 59.8 Å². The molecular weight excluding hydrogens is 568 g/mol. The third-order valence-corrected chi connectivity index (χ3v) is 7.80. The lowest BCUT2D eigenvalue weighted by Crippen LogP contribution is -2.45. The third-order valence-electron chi connectivity index (χ3n) is 7.80. The predicted octanol–water partition coefficient (Wildman–Crippen LogP) is 4.76. The molecule has 1 aliphatic heterocycles. The van der Waals surface area contributed by atoms with Gasteiger partial charge in [-0.25, -0.2) is 4.68 Å². The Morgan fingerprint density at radius 3 is 2.36 bits per heavy atom. The SMILES string of the molecule is CCOc1ccc(N(C(=O)Cn2nnc3ccccc32)C(C(=O)NCc2ccccc2)c2ccc(N3CCOCC3)cc2)cc1. The van der Waals surface area contributed by atoms with Crippen molar-refractivity contribution in [2.75, 3.05) is 42.7 Å². The van der Waals surface area contributed by atoms with Crippen LogP contribution in [-0.4, -0.2) is 59.7 Å². The van der Waals surface area contributed by atoms with Gasteiger partial charge in [-0.05, 0) is 66.6 Å². The summed E-state index contributed by atoms with van der Waals surface area (Å²) in [5.41, 5.74) is 4.67. The number of nitrogens with zero attached hydrogens (tertiary/aromatic N) is 5. The van der Waals surface area contributed by atoms with Crippen molar-refractivity contribution in [1.29, 1.82) is 0 Å². The maximum atomic E-state index is 14.4. The molecule has 0 aliphatic carbocycles. The van der Waals surface area contributed by atoms with Crippen LogP contribution in [0.25, 0.3) is 11.0 Å². The Kier molecular flexibility index (Phi) is 9.31. The molecule has 1 aromatic heterocycles. The van der Waals surface area contributed by atoms with Crippen LogP contribution < -0.4 is 19.9 Å². The monoisotopic (exact) mass is 604 g/mol. The number of fused-ring (bicyclic) bond motifs is 1. The second-order valence-corrected chi connectivity index (χ2v) is 10.7. The van der Waals surface area contributed by atoms with E-state index in [1.165, 1.54) is 0 Å². The first-order chi connectivity index (χ1) is 22.1. The zero-order valence-corrected chi connectivity index (χ0v) is 25.2. The Bertz CT molecular complexity index is 1720. The molecule has 1 unspecified atom stereocenters. The van der Waals surface area contributed by atoms with E-state index in [1.54, 1.807) is 9.58 Å². The molecule has 4 aromatic carbocycles. The van der Waals surface area contributed by atoms with Gasteiger partial charge in [0.15, 0.2) is 0 Å². The van der Waals surface area contributed by atoms with Crippen molar-refractivity contribution in [3.63, 3.8) is 0 Å². The number of anilines is 2. The molecule has 1 saturated heterocycles. The summed E-state index contributed by atoms with van der Waals surface area (Å²) < 4.78 is 12.8. The zero-order valence-electron chi connectivity index (χ0n) is 25.2. The van der Waals surface area contributed by atoms with Crippen molar-refractivity contribution in [2.45, 2.75) is 26.1 Å². The highest BCUT2D eigenvalue weighted by molar-refractivity contribution is 6.01. The lowest BCUT2D eigenvalue weighted by atomic mass is 10.0. The Morgan fingerprint density at radius 2 is 1.62 bits per heavy atom. The van der Waals surface area contributed by atoms with Crippen LogP contribution >= 0.6 is 0 Å². The van der Waals surface area contributed by atoms with Crippen molar-refractivity contribution in [2.24, 2.45) is 0 Å². The Hall–Kier alpha value is -5.22. The minimum Gasteiger partial charge on any atom is -0.494 e. The van der Waals surface area contributed by atoms with Crippen LogP contribution in [0.3, 0.4) is 0 Å². The van der Waals surface area contributed by atoms with Gasteiger partial charge in [0.2, 0.25) is 11.8 Å². The van der Waals surface area contributed by atoms with Gasteiger partial charge in [0.1, 0.15) is 23.9 Å². The van der Waals surface area contributed by atoms with E-state index < -0.39 is 6.04 Å². The Balaban J connectivity index is 1.38. The molecule has 230 valence electrons. The number of hydrogen-bond donors (Lipinski definition) is 1. The summed E-state index contributed by atoms with van der Waals surface area (Å²) in [6, 6.07) is 31.3. The van der Waals surface area contributed by atoms with Crippen LogP contribution in [0, 0.1) is 0 Å². The summed E-state index contributed by atoms with van der Waals surface area (Å²) in [5.74, 6) is 0.0615. The second kappa shape index (κ2) is 14.0. The van der Waals surface area contributed by atoms with Gasteiger partial charge in [-0.3, -0.25) is 14.5 Å². The standard InChI is InChI=1S/C35H36N6O4/c1-2-45-30-18-16-29(17-19-30)41(33(42)25-40-32-11-7-6-10-31(32)37-38-40)34(35(43)36-24-26-8-4-3-5-9-26)27-12-14-28(15-13-27)39-20-22-44-23-21-39/h3-19,34H,2,20-25H2,1H3,(H,36,43). The fraction of sp³-hybridized carbons (Fsp3) is 0.257. The highest BCUT2D eigenvalue weighted by Gasteiger charge is 2.33. The number of benzene rings is 4. The first-order valence-corrected chi connectivity index (χ1v) is 15.2. The number of morpholine rings is 1. The maximum Gasteiger partial charge on any atom is 0.249 e. The topological polar surface area (TPSA) is 102 Å². The van der Waals surface area contributed by atoms with E-state index in [4.69, 9.17) is 9.47 Å². The molecule has 5 aromatic rings. The van der Waals surface area contributed by atoms with E-state index >= 15 is 0 Å². The summed E-state index contributed by atoms with van der Waals surface area (Å²) in [5, 5.41) is 11.6. The fourth-order valence-electron chi connectivity index (χ4n) is 5.53. The van der Waals surface area contributed by atoms with E-state index in [2.05, 4.69) is 20.5 Å². The first-order valence-electron chi connectivity index (χ1n) is 15.2. The van der Waals surface area contributed by atoms with Crippen molar-refractivity contribution < 1.29 is 19.1 Å². The minimum absolute atomic E-state index is 0.109. The molecule has 1 N–H and O–H groups in total. The number of carbonyl (C=O) groups excluding carboxylic acids is 2. The second-order valence-electron chi connectivity index (χ2n) is 10.7. The molecule has 6 rings (SSSR count). The molecule has 0 spiro atoms. The summed E-state index contributed by atoms with van der Waals surface area (Å²) in [6.45, 7) is 5.57. The summed E-state index contributed by atoms with van der Waals surface area (Å²) in [4.78, 5) is 32.4. The van der Waals surface area contributed by atoms with Crippen molar-refractivity contribution in [3.05, 3.63) is 114 Å². The molecule has 0 radical (unpaired) electrons. The minimum atomic E-state index is -0.965. The number of aromatic nitrogens is 3. The first kappa shape index (κ1) is 29.8. The average molecular weight is 605 g/mol. The predicted molar refractivity (Wildman–Crippen MR) is 173 cm³/mol. The van der Waals surface area contributed by atoms with Gasteiger partial charge in [0, 0.05) is 31.0 Å². The summed E-state index contributed by atoms with van der Waals surface area (Å²) in [6.07, 6.45) is 0. The lowest BCUT2D eigenvalue weighted by molar-refractivity contribution is -0.127. The molecule has 45 heavy (non-hydrogen) atoms. The quantitative estimate of drug-likeness (QED) is 0.232. The number of amides is 2. The van der Waals surface area contributed by atoms with Crippen LogP contribution in [-0.2, 0) is 27.4 Å². The molecule has 2 amide bonds. The number of rotatable bonds is 11. The zero-order chi connectivity index (χ0) is 31.0.